The Bertz CT molecular complexity index is 825. The Labute approximate surface area is 140 Å². The van der Waals surface area contributed by atoms with Gasteiger partial charge in [-0.1, -0.05) is 6.07 Å². The predicted molar refractivity (Wildman–Crippen MR) is 90.0 cm³/mol. The van der Waals surface area contributed by atoms with Gasteiger partial charge in [-0.25, -0.2) is 0 Å². The average molecular weight is 344 g/mol. The molecule has 6 heteroatoms. The SMILES string of the molecule is CC1=CC(=O)[C@H](C(=O)/C=C/c2cc(-c3cccs3)cs2)C(=O)O1. The first-order valence-corrected chi connectivity index (χ1v) is 8.59. The van der Waals surface area contributed by atoms with Crippen LogP contribution in [0.3, 0.4) is 0 Å². The molecule has 116 valence electrons. The number of allylic oxidation sites excluding steroid dienone is 3. The van der Waals surface area contributed by atoms with Crippen LogP contribution in [0, 0.1) is 5.92 Å². The molecule has 3 heterocycles. The normalized spacial score (nSPS) is 18.1. The second-order valence-corrected chi connectivity index (χ2v) is 6.85. The zero-order valence-corrected chi connectivity index (χ0v) is 13.8. The quantitative estimate of drug-likeness (QED) is 0.482. The van der Waals surface area contributed by atoms with Gasteiger partial charge in [-0.15, -0.1) is 22.7 Å². The summed E-state index contributed by atoms with van der Waals surface area (Å²) in [5, 5.41) is 4.00. The van der Waals surface area contributed by atoms with Crippen LogP contribution in [-0.4, -0.2) is 17.5 Å². The van der Waals surface area contributed by atoms with Crippen molar-refractivity contribution in [3.05, 3.63) is 51.7 Å². The molecular weight excluding hydrogens is 332 g/mol. The molecule has 1 aliphatic heterocycles. The summed E-state index contributed by atoms with van der Waals surface area (Å²) in [6.07, 6.45) is 4.07. The van der Waals surface area contributed by atoms with Crippen LogP contribution in [0.15, 0.2) is 46.9 Å². The van der Waals surface area contributed by atoms with E-state index >= 15 is 0 Å². The molecule has 0 saturated heterocycles. The molecule has 0 N–H and O–H groups in total. The molecule has 4 nitrogen and oxygen atoms in total. The van der Waals surface area contributed by atoms with Crippen molar-refractivity contribution in [2.24, 2.45) is 5.92 Å². The molecule has 0 unspecified atom stereocenters. The standard InChI is InChI=1S/C17H12O4S2/c1-10-7-14(19)16(17(20)21-10)13(18)5-4-12-8-11(9-23-12)15-3-2-6-22-15/h2-9,16H,1H3/b5-4+/t16-/m0/s1. The van der Waals surface area contributed by atoms with E-state index in [4.69, 9.17) is 4.74 Å². The molecule has 23 heavy (non-hydrogen) atoms. The van der Waals surface area contributed by atoms with Gasteiger partial charge in [-0.3, -0.25) is 14.4 Å². The van der Waals surface area contributed by atoms with Gasteiger partial charge in [0.15, 0.2) is 17.5 Å². The van der Waals surface area contributed by atoms with Crippen molar-refractivity contribution in [1.29, 1.82) is 0 Å². The highest BCUT2D eigenvalue weighted by atomic mass is 32.1. The van der Waals surface area contributed by atoms with Crippen molar-refractivity contribution in [3.63, 3.8) is 0 Å². The fourth-order valence-corrected chi connectivity index (χ4v) is 3.77. The van der Waals surface area contributed by atoms with E-state index in [9.17, 15) is 14.4 Å². The van der Waals surface area contributed by atoms with E-state index in [1.165, 1.54) is 30.4 Å². The molecule has 0 radical (unpaired) electrons. The summed E-state index contributed by atoms with van der Waals surface area (Å²) in [5.41, 5.74) is 1.09. The summed E-state index contributed by atoms with van der Waals surface area (Å²) < 4.78 is 4.85. The number of carbonyl (C=O) groups is 3. The van der Waals surface area contributed by atoms with E-state index in [1.807, 2.05) is 29.0 Å². The minimum atomic E-state index is -1.38. The Hall–Kier alpha value is -2.31. The van der Waals surface area contributed by atoms with Crippen LogP contribution in [0.2, 0.25) is 0 Å². The number of hydrogen-bond acceptors (Lipinski definition) is 6. The summed E-state index contributed by atoms with van der Waals surface area (Å²) in [5.74, 6) is -3.07. The summed E-state index contributed by atoms with van der Waals surface area (Å²) in [7, 11) is 0. The van der Waals surface area contributed by atoms with E-state index in [-0.39, 0.29) is 5.76 Å². The molecule has 3 rings (SSSR count). The molecular formula is C17H12O4S2. The first-order chi connectivity index (χ1) is 11.0. The minimum absolute atomic E-state index is 0.215. The lowest BCUT2D eigenvalue weighted by Crippen LogP contribution is -2.34. The Balaban J connectivity index is 1.74. The summed E-state index contributed by atoms with van der Waals surface area (Å²) in [4.78, 5) is 37.6. The Morgan fingerprint density at radius 2 is 2.13 bits per heavy atom. The number of thiophene rings is 2. The zero-order chi connectivity index (χ0) is 16.4. The first kappa shape index (κ1) is 15.6. The van der Waals surface area contributed by atoms with Crippen molar-refractivity contribution in [2.75, 3.05) is 0 Å². The van der Waals surface area contributed by atoms with Crippen LogP contribution >= 0.6 is 22.7 Å². The van der Waals surface area contributed by atoms with Gasteiger partial charge >= 0.3 is 5.97 Å². The molecule has 2 aromatic heterocycles. The predicted octanol–water partition coefficient (Wildman–Crippen LogP) is 3.70. The third kappa shape index (κ3) is 3.38. The van der Waals surface area contributed by atoms with Crippen LogP contribution in [0.5, 0.6) is 0 Å². The molecule has 1 atom stereocenters. The lowest BCUT2D eigenvalue weighted by atomic mass is 9.96. The first-order valence-electron chi connectivity index (χ1n) is 6.83. The maximum Gasteiger partial charge on any atom is 0.329 e. The monoisotopic (exact) mass is 344 g/mol. The van der Waals surface area contributed by atoms with Gasteiger partial charge in [0.2, 0.25) is 0 Å². The van der Waals surface area contributed by atoms with E-state index < -0.39 is 23.5 Å². The van der Waals surface area contributed by atoms with Gasteiger partial charge in [0.25, 0.3) is 0 Å². The Kier molecular flexibility index (Phi) is 4.36. The Morgan fingerprint density at radius 1 is 1.30 bits per heavy atom. The van der Waals surface area contributed by atoms with Gasteiger partial charge in [0.1, 0.15) is 5.76 Å². The third-order valence-corrected chi connectivity index (χ3v) is 5.07. The molecule has 0 bridgehead atoms. The number of ether oxygens (including phenoxy) is 1. The maximum absolute atomic E-state index is 12.1. The zero-order valence-electron chi connectivity index (χ0n) is 12.1. The van der Waals surface area contributed by atoms with Crippen LogP contribution in [0.25, 0.3) is 16.5 Å². The van der Waals surface area contributed by atoms with Crippen molar-refractivity contribution < 1.29 is 19.1 Å². The van der Waals surface area contributed by atoms with Crippen LogP contribution < -0.4 is 0 Å². The summed E-state index contributed by atoms with van der Waals surface area (Å²) in [6.45, 7) is 1.50. The molecule has 2 aromatic rings. The van der Waals surface area contributed by atoms with Gasteiger partial charge in [-0.2, -0.15) is 0 Å². The summed E-state index contributed by atoms with van der Waals surface area (Å²) in [6, 6.07) is 5.97. The molecule has 1 aliphatic rings. The topological polar surface area (TPSA) is 60.4 Å². The van der Waals surface area contributed by atoms with Crippen molar-refractivity contribution in [3.8, 4) is 10.4 Å². The van der Waals surface area contributed by atoms with Crippen molar-refractivity contribution in [1.82, 2.24) is 0 Å². The second-order valence-electron chi connectivity index (χ2n) is 4.96. The van der Waals surface area contributed by atoms with E-state index in [2.05, 4.69) is 0 Å². The number of esters is 1. The fraction of sp³-hybridized carbons (Fsp3) is 0.118. The summed E-state index contributed by atoms with van der Waals surface area (Å²) >= 11 is 3.13. The van der Waals surface area contributed by atoms with Gasteiger partial charge in [0.05, 0.1) is 0 Å². The smallest absolute Gasteiger partial charge is 0.329 e. The van der Waals surface area contributed by atoms with Crippen LogP contribution in [-0.2, 0) is 19.1 Å². The lowest BCUT2D eigenvalue weighted by molar-refractivity contribution is -0.151. The van der Waals surface area contributed by atoms with Crippen molar-refractivity contribution >= 4 is 46.3 Å². The third-order valence-electron chi connectivity index (χ3n) is 3.25. The molecule has 0 aromatic carbocycles. The van der Waals surface area contributed by atoms with E-state index in [0.717, 1.165) is 15.3 Å². The average Bonchev–Trinajstić information content (AvgIpc) is 3.15. The highest BCUT2D eigenvalue weighted by Crippen LogP contribution is 2.29. The number of cyclic esters (lactones) is 1. The van der Waals surface area contributed by atoms with Crippen LogP contribution in [0.4, 0.5) is 0 Å². The van der Waals surface area contributed by atoms with Crippen molar-refractivity contribution in [2.45, 2.75) is 6.92 Å². The molecule has 0 aliphatic carbocycles. The number of rotatable bonds is 4. The Morgan fingerprint density at radius 3 is 2.83 bits per heavy atom. The molecule has 0 fully saturated rings. The van der Waals surface area contributed by atoms with Crippen LogP contribution in [0.1, 0.15) is 11.8 Å². The van der Waals surface area contributed by atoms with E-state index in [1.54, 1.807) is 17.4 Å². The molecule has 0 amide bonds. The van der Waals surface area contributed by atoms with E-state index in [0.29, 0.717) is 0 Å². The fourth-order valence-electron chi connectivity index (χ4n) is 2.18. The van der Waals surface area contributed by atoms with Gasteiger partial charge in [-0.05, 0) is 42.0 Å². The number of hydrogen-bond donors (Lipinski definition) is 0. The molecule has 0 saturated carbocycles. The number of ketones is 2. The highest BCUT2D eigenvalue weighted by molar-refractivity contribution is 7.15. The lowest BCUT2D eigenvalue weighted by Gasteiger charge is -2.15. The second kappa shape index (κ2) is 6.44. The molecule has 0 spiro atoms. The number of carbonyl (C=O) groups excluding carboxylic acids is 3. The minimum Gasteiger partial charge on any atom is -0.430 e. The largest absolute Gasteiger partial charge is 0.430 e. The highest BCUT2D eigenvalue weighted by Gasteiger charge is 2.36. The van der Waals surface area contributed by atoms with Gasteiger partial charge in [0, 0.05) is 21.4 Å². The van der Waals surface area contributed by atoms with Gasteiger partial charge < -0.3 is 4.74 Å². The maximum atomic E-state index is 12.1.